The van der Waals surface area contributed by atoms with Gasteiger partial charge in [-0.15, -0.1) is 0 Å². The van der Waals surface area contributed by atoms with Gasteiger partial charge in [-0.1, -0.05) is 48.5 Å². The molecule has 4 heteroatoms. The highest BCUT2D eigenvalue weighted by Gasteiger charge is 2.41. The number of nitrogens with zero attached hydrogens (tertiary/aromatic N) is 1. The molecule has 1 aliphatic rings. The van der Waals surface area contributed by atoms with Crippen LogP contribution in [0.15, 0.2) is 60.7 Å². The van der Waals surface area contributed by atoms with Crippen LogP contribution in [0.25, 0.3) is 0 Å². The van der Waals surface area contributed by atoms with Gasteiger partial charge >= 0.3 is 0 Å². The highest BCUT2D eigenvalue weighted by atomic mass is 16.7. The molecule has 2 unspecified atom stereocenters. The van der Waals surface area contributed by atoms with Crippen LogP contribution in [0.5, 0.6) is 0 Å². The number of Topliss-reactive ketones (excluding diaryl/α,β-unsaturated/α-hetero) is 1. The summed E-state index contributed by atoms with van der Waals surface area (Å²) in [6.45, 7) is 3.59. The molecule has 3 rings (SSSR count). The molecular weight excluding hydrogens is 290 g/mol. The van der Waals surface area contributed by atoms with Crippen molar-refractivity contribution in [2.75, 3.05) is 24.9 Å². The van der Waals surface area contributed by atoms with Crippen molar-refractivity contribution in [2.24, 2.45) is 5.92 Å². The number of carbonyl (C=O) groups excluding carboxylic acids is 1. The van der Waals surface area contributed by atoms with Crippen LogP contribution in [0, 0.1) is 5.92 Å². The van der Waals surface area contributed by atoms with E-state index in [9.17, 15) is 4.79 Å². The minimum atomic E-state index is -0.369. The Bertz CT molecular complexity index is 630. The Balaban J connectivity index is 1.89. The van der Waals surface area contributed by atoms with Gasteiger partial charge in [0.15, 0.2) is 5.78 Å². The Morgan fingerprint density at radius 1 is 1.13 bits per heavy atom. The lowest BCUT2D eigenvalue weighted by molar-refractivity contribution is 0.0832. The number of carbonyl (C=O) groups is 1. The fourth-order valence-corrected chi connectivity index (χ4v) is 2.85. The Morgan fingerprint density at radius 2 is 1.78 bits per heavy atom. The predicted molar refractivity (Wildman–Crippen MR) is 89.4 cm³/mol. The van der Waals surface area contributed by atoms with Crippen molar-refractivity contribution in [3.63, 3.8) is 0 Å². The van der Waals surface area contributed by atoms with Crippen molar-refractivity contribution in [3.8, 4) is 0 Å². The lowest BCUT2D eigenvalue weighted by atomic mass is 9.93. The zero-order valence-corrected chi connectivity index (χ0v) is 13.2. The SMILES string of the molecule is CCOCC1CON(c2ccccc2)C1C(=O)c1ccccc1. The van der Waals surface area contributed by atoms with Gasteiger partial charge in [0.05, 0.1) is 18.9 Å². The second-order valence-corrected chi connectivity index (χ2v) is 5.55. The summed E-state index contributed by atoms with van der Waals surface area (Å²) >= 11 is 0. The molecule has 2 atom stereocenters. The fraction of sp³-hybridized carbons (Fsp3) is 0.316. The average molecular weight is 311 g/mol. The molecule has 1 heterocycles. The summed E-state index contributed by atoms with van der Waals surface area (Å²) in [4.78, 5) is 18.9. The third kappa shape index (κ3) is 3.44. The van der Waals surface area contributed by atoms with E-state index in [0.717, 1.165) is 5.69 Å². The third-order valence-electron chi connectivity index (χ3n) is 4.00. The van der Waals surface area contributed by atoms with Gasteiger partial charge in [0, 0.05) is 18.1 Å². The highest BCUT2D eigenvalue weighted by Crippen LogP contribution is 2.30. The number of rotatable bonds is 6. The number of para-hydroxylation sites is 1. The summed E-state index contributed by atoms with van der Waals surface area (Å²) in [6.07, 6.45) is 0. The summed E-state index contributed by atoms with van der Waals surface area (Å²) in [6, 6.07) is 18.7. The van der Waals surface area contributed by atoms with Gasteiger partial charge in [-0.3, -0.25) is 9.63 Å². The summed E-state index contributed by atoms with van der Waals surface area (Å²) in [5.41, 5.74) is 1.59. The molecule has 0 N–H and O–H groups in total. The first-order valence-corrected chi connectivity index (χ1v) is 7.95. The fourth-order valence-electron chi connectivity index (χ4n) is 2.85. The van der Waals surface area contributed by atoms with Crippen LogP contribution >= 0.6 is 0 Å². The highest BCUT2D eigenvalue weighted by molar-refractivity contribution is 6.02. The number of hydrogen-bond donors (Lipinski definition) is 0. The van der Waals surface area contributed by atoms with Gasteiger partial charge in [0.2, 0.25) is 0 Å². The molecule has 23 heavy (non-hydrogen) atoms. The van der Waals surface area contributed by atoms with E-state index in [2.05, 4.69) is 0 Å². The summed E-state index contributed by atoms with van der Waals surface area (Å²) < 4.78 is 5.56. The number of hydroxylamine groups is 1. The molecule has 1 saturated heterocycles. The maximum Gasteiger partial charge on any atom is 0.188 e. The number of benzene rings is 2. The van der Waals surface area contributed by atoms with Gasteiger partial charge in [-0.25, -0.2) is 5.06 Å². The van der Waals surface area contributed by atoms with Crippen LogP contribution in [0.1, 0.15) is 17.3 Å². The zero-order valence-electron chi connectivity index (χ0n) is 13.2. The smallest absolute Gasteiger partial charge is 0.188 e. The summed E-state index contributed by atoms with van der Waals surface area (Å²) in [5.74, 6) is 0.0829. The third-order valence-corrected chi connectivity index (χ3v) is 4.00. The van der Waals surface area contributed by atoms with E-state index >= 15 is 0 Å². The second-order valence-electron chi connectivity index (χ2n) is 5.55. The minimum Gasteiger partial charge on any atom is -0.381 e. The van der Waals surface area contributed by atoms with Gasteiger partial charge in [0.1, 0.15) is 6.04 Å². The first-order chi connectivity index (χ1) is 11.3. The predicted octanol–water partition coefficient (Wildman–Crippen LogP) is 3.34. The zero-order chi connectivity index (χ0) is 16.1. The molecular formula is C19H21NO3. The van der Waals surface area contributed by atoms with E-state index < -0.39 is 0 Å². The van der Waals surface area contributed by atoms with Gasteiger partial charge in [-0.2, -0.15) is 0 Å². The van der Waals surface area contributed by atoms with Crippen molar-refractivity contribution in [3.05, 3.63) is 66.2 Å². The Kier molecular flexibility index (Phi) is 5.05. The van der Waals surface area contributed by atoms with Crippen molar-refractivity contribution >= 4 is 11.5 Å². The Hall–Kier alpha value is -2.17. The first kappa shape index (κ1) is 15.7. The molecule has 0 spiro atoms. The molecule has 0 amide bonds. The monoisotopic (exact) mass is 311 g/mol. The summed E-state index contributed by atoms with van der Waals surface area (Å²) in [7, 11) is 0. The largest absolute Gasteiger partial charge is 0.381 e. The molecule has 2 aromatic carbocycles. The molecule has 2 aromatic rings. The van der Waals surface area contributed by atoms with Crippen LogP contribution in [0.3, 0.4) is 0 Å². The Morgan fingerprint density at radius 3 is 2.43 bits per heavy atom. The molecule has 0 saturated carbocycles. The van der Waals surface area contributed by atoms with E-state index in [1.807, 2.05) is 67.6 Å². The summed E-state index contributed by atoms with van der Waals surface area (Å²) in [5, 5.41) is 1.74. The minimum absolute atomic E-state index is 0.0165. The van der Waals surface area contributed by atoms with E-state index in [1.165, 1.54) is 0 Å². The van der Waals surface area contributed by atoms with Crippen LogP contribution in [-0.4, -0.2) is 31.6 Å². The molecule has 4 nitrogen and oxygen atoms in total. The van der Waals surface area contributed by atoms with E-state index in [0.29, 0.717) is 25.4 Å². The topological polar surface area (TPSA) is 38.8 Å². The molecule has 0 bridgehead atoms. The van der Waals surface area contributed by atoms with Crippen molar-refractivity contribution in [1.29, 1.82) is 0 Å². The number of hydrogen-bond acceptors (Lipinski definition) is 4. The van der Waals surface area contributed by atoms with Crippen LogP contribution in [0.2, 0.25) is 0 Å². The number of anilines is 1. The van der Waals surface area contributed by atoms with Crippen molar-refractivity contribution < 1.29 is 14.4 Å². The lowest BCUT2D eigenvalue weighted by Crippen LogP contribution is -2.41. The first-order valence-electron chi connectivity index (χ1n) is 7.95. The van der Waals surface area contributed by atoms with Gasteiger partial charge in [0.25, 0.3) is 0 Å². The molecule has 0 aliphatic carbocycles. The standard InChI is InChI=1S/C19H21NO3/c1-2-22-13-16-14-23-20(17-11-7-4-8-12-17)18(16)19(21)15-9-5-3-6-10-15/h3-12,16,18H,2,13-14H2,1H3. The maximum atomic E-state index is 13.0. The lowest BCUT2D eigenvalue weighted by Gasteiger charge is -2.26. The number of ketones is 1. The number of ether oxygens (including phenoxy) is 1. The quantitative estimate of drug-likeness (QED) is 0.767. The maximum absolute atomic E-state index is 13.0. The molecule has 0 aromatic heterocycles. The normalized spacial score (nSPS) is 20.7. The molecule has 1 aliphatic heterocycles. The van der Waals surface area contributed by atoms with Crippen LogP contribution in [0.4, 0.5) is 5.69 Å². The Labute approximate surface area is 136 Å². The second kappa shape index (κ2) is 7.40. The van der Waals surface area contributed by atoms with E-state index in [1.54, 1.807) is 5.06 Å². The van der Waals surface area contributed by atoms with Crippen LogP contribution in [-0.2, 0) is 9.57 Å². The average Bonchev–Trinajstić information content (AvgIpc) is 3.04. The molecule has 0 radical (unpaired) electrons. The van der Waals surface area contributed by atoms with Crippen molar-refractivity contribution in [2.45, 2.75) is 13.0 Å². The van der Waals surface area contributed by atoms with E-state index in [-0.39, 0.29) is 17.7 Å². The van der Waals surface area contributed by atoms with Crippen LogP contribution < -0.4 is 5.06 Å². The van der Waals surface area contributed by atoms with Gasteiger partial charge in [-0.05, 0) is 19.1 Å². The molecule has 1 fully saturated rings. The molecule has 120 valence electrons. The van der Waals surface area contributed by atoms with E-state index in [4.69, 9.17) is 9.57 Å². The van der Waals surface area contributed by atoms with Crippen molar-refractivity contribution in [1.82, 2.24) is 0 Å². The van der Waals surface area contributed by atoms with Gasteiger partial charge < -0.3 is 4.74 Å².